The van der Waals surface area contributed by atoms with E-state index < -0.39 is 21.7 Å². The summed E-state index contributed by atoms with van der Waals surface area (Å²) in [6.07, 6.45) is 1.14. The molecule has 0 aromatic heterocycles. The maximum Gasteiger partial charge on any atom is 0.251 e. The number of rotatable bonds is 7. The zero-order chi connectivity index (χ0) is 18.4. The summed E-state index contributed by atoms with van der Waals surface area (Å²) in [5.41, 5.74) is 2.11. The minimum atomic E-state index is -3.43. The average Bonchev–Trinajstić information content (AvgIpc) is 2.54. The number of hydrogen-bond acceptors (Lipinski definition) is 3. The summed E-state index contributed by atoms with van der Waals surface area (Å²) in [5.74, 6) is -0.936. The smallest absolute Gasteiger partial charge is 0.251 e. The zero-order valence-corrected chi connectivity index (χ0v) is 15.0. The summed E-state index contributed by atoms with van der Waals surface area (Å²) in [7, 11) is -3.43. The molecule has 0 aliphatic heterocycles. The zero-order valence-electron chi connectivity index (χ0n) is 14.2. The van der Waals surface area contributed by atoms with Gasteiger partial charge in [0.05, 0.1) is 6.26 Å². The molecule has 0 heterocycles. The Balaban J connectivity index is 1.99. The van der Waals surface area contributed by atoms with Crippen molar-refractivity contribution in [2.75, 3.05) is 19.3 Å². The van der Waals surface area contributed by atoms with E-state index in [1.807, 2.05) is 31.2 Å². The highest BCUT2D eigenvalue weighted by Gasteiger charge is 2.18. The van der Waals surface area contributed by atoms with Crippen LogP contribution in [0.1, 0.15) is 21.5 Å². The van der Waals surface area contributed by atoms with E-state index in [1.54, 1.807) is 0 Å². The Hall–Kier alpha value is -2.25. The van der Waals surface area contributed by atoms with Gasteiger partial charge in [-0.2, -0.15) is 4.31 Å². The number of carbonyl (C=O) groups is 1. The van der Waals surface area contributed by atoms with Crippen LogP contribution in [-0.2, 0) is 16.6 Å². The molecule has 0 unspecified atom stereocenters. The Morgan fingerprint density at radius 3 is 2.52 bits per heavy atom. The van der Waals surface area contributed by atoms with Crippen molar-refractivity contribution < 1.29 is 17.6 Å². The lowest BCUT2D eigenvalue weighted by Gasteiger charge is -2.21. The molecular formula is C18H21FN2O3S. The fourth-order valence-electron chi connectivity index (χ4n) is 2.37. The minimum Gasteiger partial charge on any atom is -0.351 e. The maximum absolute atomic E-state index is 13.1. The second-order valence-electron chi connectivity index (χ2n) is 5.79. The topological polar surface area (TPSA) is 66.5 Å². The fourth-order valence-corrected chi connectivity index (χ4v) is 3.16. The van der Waals surface area contributed by atoms with Gasteiger partial charge >= 0.3 is 0 Å². The van der Waals surface area contributed by atoms with Gasteiger partial charge < -0.3 is 5.32 Å². The molecule has 0 aliphatic rings. The normalized spacial score (nSPS) is 11.5. The Labute approximate surface area is 147 Å². The van der Waals surface area contributed by atoms with E-state index in [-0.39, 0.29) is 25.2 Å². The lowest BCUT2D eigenvalue weighted by atomic mass is 10.1. The highest BCUT2D eigenvalue weighted by Crippen LogP contribution is 2.12. The van der Waals surface area contributed by atoms with Crippen molar-refractivity contribution >= 4 is 15.9 Å². The maximum atomic E-state index is 13.1. The Bertz CT molecular complexity index is 853. The molecule has 0 fully saturated rings. The number of nitrogens with zero attached hydrogens (tertiary/aromatic N) is 1. The molecule has 0 spiro atoms. The van der Waals surface area contributed by atoms with Crippen LogP contribution in [0.25, 0.3) is 0 Å². The van der Waals surface area contributed by atoms with Gasteiger partial charge in [-0.1, -0.05) is 30.3 Å². The molecule has 1 amide bonds. The van der Waals surface area contributed by atoms with E-state index in [2.05, 4.69) is 5.32 Å². The molecule has 5 nitrogen and oxygen atoms in total. The van der Waals surface area contributed by atoms with Crippen LogP contribution in [0.3, 0.4) is 0 Å². The molecule has 0 bridgehead atoms. The predicted molar refractivity (Wildman–Crippen MR) is 95.2 cm³/mol. The molecule has 0 atom stereocenters. The molecule has 0 radical (unpaired) electrons. The molecule has 7 heteroatoms. The van der Waals surface area contributed by atoms with Gasteiger partial charge in [0.2, 0.25) is 10.0 Å². The van der Waals surface area contributed by atoms with Crippen molar-refractivity contribution in [1.29, 1.82) is 0 Å². The quantitative estimate of drug-likeness (QED) is 0.820. The van der Waals surface area contributed by atoms with Crippen LogP contribution >= 0.6 is 0 Å². The van der Waals surface area contributed by atoms with Crippen LogP contribution in [-0.4, -0.2) is 38.0 Å². The number of benzene rings is 2. The molecule has 134 valence electrons. The van der Waals surface area contributed by atoms with Gasteiger partial charge in [-0.3, -0.25) is 4.79 Å². The summed E-state index contributed by atoms with van der Waals surface area (Å²) in [6, 6.07) is 12.9. The van der Waals surface area contributed by atoms with Gasteiger partial charge in [-0.05, 0) is 36.2 Å². The first kappa shape index (κ1) is 19.1. The van der Waals surface area contributed by atoms with Gasteiger partial charge in [0, 0.05) is 25.2 Å². The SMILES string of the molecule is Cc1ccccc1CN(CCNC(=O)c1cccc(F)c1)S(C)(=O)=O. The lowest BCUT2D eigenvalue weighted by molar-refractivity contribution is 0.0951. The van der Waals surface area contributed by atoms with Crippen molar-refractivity contribution in [3.05, 3.63) is 71.0 Å². The van der Waals surface area contributed by atoms with E-state index in [0.29, 0.717) is 0 Å². The highest BCUT2D eigenvalue weighted by molar-refractivity contribution is 7.88. The summed E-state index contributed by atoms with van der Waals surface area (Å²) >= 11 is 0. The van der Waals surface area contributed by atoms with Crippen LogP contribution in [0.4, 0.5) is 4.39 Å². The number of nitrogens with one attached hydrogen (secondary N) is 1. The van der Waals surface area contributed by atoms with Crippen LogP contribution in [0.2, 0.25) is 0 Å². The standard InChI is InChI=1S/C18H21FN2O3S/c1-14-6-3-4-7-16(14)13-21(25(2,23)24)11-10-20-18(22)15-8-5-9-17(19)12-15/h3-9,12H,10-11,13H2,1-2H3,(H,20,22). The molecule has 2 aromatic rings. The fraction of sp³-hybridized carbons (Fsp3) is 0.278. The predicted octanol–water partition coefficient (Wildman–Crippen LogP) is 2.33. The molecule has 0 saturated carbocycles. The van der Waals surface area contributed by atoms with Gasteiger partial charge in [0.15, 0.2) is 0 Å². The monoisotopic (exact) mass is 364 g/mol. The Morgan fingerprint density at radius 2 is 1.88 bits per heavy atom. The summed E-state index contributed by atoms with van der Waals surface area (Å²) < 4.78 is 38.5. The number of amides is 1. The van der Waals surface area contributed by atoms with Crippen molar-refractivity contribution in [2.45, 2.75) is 13.5 Å². The van der Waals surface area contributed by atoms with Gasteiger partial charge in [-0.25, -0.2) is 12.8 Å². The van der Waals surface area contributed by atoms with Crippen LogP contribution in [0, 0.1) is 12.7 Å². The second kappa shape index (κ2) is 8.22. The minimum absolute atomic E-state index is 0.133. The summed E-state index contributed by atoms with van der Waals surface area (Å²) in [5, 5.41) is 2.62. The number of hydrogen-bond donors (Lipinski definition) is 1. The van der Waals surface area contributed by atoms with E-state index in [9.17, 15) is 17.6 Å². The number of halogens is 1. The first-order chi connectivity index (χ1) is 11.8. The lowest BCUT2D eigenvalue weighted by Crippen LogP contribution is -2.37. The van der Waals surface area contributed by atoms with Crippen molar-refractivity contribution in [1.82, 2.24) is 9.62 Å². The third-order valence-corrected chi connectivity index (χ3v) is 5.06. The number of sulfonamides is 1. The first-order valence-electron chi connectivity index (χ1n) is 7.81. The van der Waals surface area contributed by atoms with Crippen molar-refractivity contribution in [2.24, 2.45) is 0 Å². The van der Waals surface area contributed by atoms with Crippen LogP contribution in [0.5, 0.6) is 0 Å². The largest absolute Gasteiger partial charge is 0.351 e. The van der Waals surface area contributed by atoms with E-state index in [0.717, 1.165) is 23.4 Å². The molecular weight excluding hydrogens is 343 g/mol. The van der Waals surface area contributed by atoms with Gasteiger partial charge in [-0.15, -0.1) is 0 Å². The van der Waals surface area contributed by atoms with Crippen LogP contribution < -0.4 is 5.32 Å². The third-order valence-electron chi connectivity index (χ3n) is 3.81. The van der Waals surface area contributed by atoms with E-state index >= 15 is 0 Å². The number of aryl methyl sites for hydroxylation is 1. The molecule has 25 heavy (non-hydrogen) atoms. The highest BCUT2D eigenvalue weighted by atomic mass is 32.2. The molecule has 2 aromatic carbocycles. The molecule has 2 rings (SSSR count). The number of carbonyl (C=O) groups excluding carboxylic acids is 1. The Morgan fingerprint density at radius 1 is 1.16 bits per heavy atom. The Kier molecular flexibility index (Phi) is 6.27. The van der Waals surface area contributed by atoms with E-state index in [4.69, 9.17) is 0 Å². The molecule has 0 aliphatic carbocycles. The average molecular weight is 364 g/mol. The van der Waals surface area contributed by atoms with Gasteiger partial charge in [0.25, 0.3) is 5.91 Å². The van der Waals surface area contributed by atoms with E-state index in [1.165, 1.54) is 22.5 Å². The molecule has 0 saturated heterocycles. The third kappa shape index (κ3) is 5.65. The summed E-state index contributed by atoms with van der Waals surface area (Å²) in [4.78, 5) is 12.0. The second-order valence-corrected chi connectivity index (χ2v) is 7.77. The van der Waals surface area contributed by atoms with Gasteiger partial charge in [0.1, 0.15) is 5.82 Å². The summed E-state index contributed by atoms with van der Waals surface area (Å²) in [6.45, 7) is 2.42. The molecule has 1 N–H and O–H groups in total. The van der Waals surface area contributed by atoms with Crippen LogP contribution in [0.15, 0.2) is 48.5 Å². The first-order valence-corrected chi connectivity index (χ1v) is 9.65. The van der Waals surface area contributed by atoms with Crippen molar-refractivity contribution in [3.63, 3.8) is 0 Å². The van der Waals surface area contributed by atoms with Crippen molar-refractivity contribution in [3.8, 4) is 0 Å².